The van der Waals surface area contributed by atoms with E-state index in [1.165, 1.54) is 5.39 Å². The Morgan fingerprint density at radius 1 is 0.829 bits per heavy atom. The topological polar surface area (TPSA) is 86.9 Å². The highest BCUT2D eigenvalue weighted by atomic mass is 16.7. The molecule has 1 atom stereocenters. The fraction of sp³-hybridized carbons (Fsp3) is 0.235. The summed E-state index contributed by atoms with van der Waals surface area (Å²) in [5, 5.41) is 3.21. The molecule has 0 bridgehead atoms. The van der Waals surface area contributed by atoms with Crippen molar-refractivity contribution in [2.75, 3.05) is 6.61 Å². The van der Waals surface area contributed by atoms with Crippen molar-refractivity contribution in [1.82, 2.24) is 4.98 Å². The molecular formula is C34H31NO6. The minimum Gasteiger partial charge on any atom is -0.490 e. The van der Waals surface area contributed by atoms with E-state index in [1.807, 2.05) is 73.8 Å². The number of carbonyl (C=O) groups excluding carboxylic acids is 2. The molecule has 4 aromatic carbocycles. The first-order chi connectivity index (χ1) is 19.8. The number of ether oxygens (including phenoxy) is 4. The molecule has 1 aromatic heterocycles. The van der Waals surface area contributed by atoms with Crippen LogP contribution in [-0.4, -0.2) is 29.3 Å². The first-order valence-corrected chi connectivity index (χ1v) is 13.7. The number of benzene rings is 4. The smallest absolute Gasteiger partial charge is 0.324 e. The number of rotatable bonds is 8. The summed E-state index contributed by atoms with van der Waals surface area (Å²) in [5.74, 6) is -3.37. The Morgan fingerprint density at radius 2 is 1.56 bits per heavy atom. The average Bonchev–Trinajstić information content (AvgIpc) is 3.37. The van der Waals surface area contributed by atoms with Crippen LogP contribution in [0.4, 0.5) is 0 Å². The molecule has 0 amide bonds. The number of H-pyrrole nitrogens is 1. The largest absolute Gasteiger partial charge is 0.490 e. The van der Waals surface area contributed by atoms with Crippen LogP contribution in [0.1, 0.15) is 43.4 Å². The summed E-state index contributed by atoms with van der Waals surface area (Å²) < 4.78 is 23.3. The van der Waals surface area contributed by atoms with Crippen LogP contribution in [0.25, 0.3) is 21.7 Å². The van der Waals surface area contributed by atoms with Crippen molar-refractivity contribution in [2.24, 2.45) is 5.92 Å². The number of aromatic amines is 1. The highest BCUT2D eigenvalue weighted by Gasteiger charge is 2.48. The second kappa shape index (κ2) is 10.7. The molecule has 6 rings (SSSR count). The van der Waals surface area contributed by atoms with E-state index in [9.17, 15) is 9.59 Å². The van der Waals surface area contributed by atoms with Crippen LogP contribution >= 0.6 is 0 Å². The number of para-hydroxylation sites is 1. The predicted octanol–water partition coefficient (Wildman–Crippen LogP) is 6.88. The van der Waals surface area contributed by atoms with Gasteiger partial charge in [-0.25, -0.2) is 0 Å². The van der Waals surface area contributed by atoms with Gasteiger partial charge in [-0.1, -0.05) is 60.7 Å². The van der Waals surface area contributed by atoms with Gasteiger partial charge in [-0.2, -0.15) is 0 Å². The highest BCUT2D eigenvalue weighted by Crippen LogP contribution is 2.43. The van der Waals surface area contributed by atoms with Gasteiger partial charge in [-0.3, -0.25) is 9.59 Å². The lowest BCUT2D eigenvalue weighted by molar-refractivity contribution is -0.240. The fourth-order valence-electron chi connectivity index (χ4n) is 5.50. The molecule has 1 aliphatic heterocycles. The van der Waals surface area contributed by atoms with Gasteiger partial charge in [0.1, 0.15) is 6.61 Å². The molecule has 1 saturated heterocycles. The Balaban J connectivity index is 1.38. The Morgan fingerprint density at radius 3 is 2.34 bits per heavy atom. The van der Waals surface area contributed by atoms with E-state index in [0.717, 1.165) is 27.4 Å². The van der Waals surface area contributed by atoms with Crippen LogP contribution in [0, 0.1) is 5.92 Å². The molecule has 7 heteroatoms. The molecule has 41 heavy (non-hydrogen) atoms. The van der Waals surface area contributed by atoms with E-state index in [0.29, 0.717) is 30.3 Å². The van der Waals surface area contributed by atoms with Crippen molar-refractivity contribution in [1.29, 1.82) is 0 Å². The molecule has 0 unspecified atom stereocenters. The number of nitrogens with one attached hydrogen (secondary N) is 1. The molecule has 1 N–H and O–H groups in total. The SMILES string of the molecule is CCOc1cc([C@@H](c2c[nH]c3ccccc23)C2C(=O)OC(C)(C)OC2=O)ccc1OCc1ccc2ccccc2c1. The summed E-state index contributed by atoms with van der Waals surface area (Å²) in [4.78, 5) is 29.9. The second-order valence-corrected chi connectivity index (χ2v) is 10.6. The maximum absolute atomic E-state index is 13.3. The minimum absolute atomic E-state index is 0.354. The maximum Gasteiger partial charge on any atom is 0.324 e. The number of hydrogen-bond acceptors (Lipinski definition) is 6. The highest BCUT2D eigenvalue weighted by molar-refractivity contribution is 5.99. The zero-order valence-electron chi connectivity index (χ0n) is 23.2. The van der Waals surface area contributed by atoms with Gasteiger partial charge in [-0.15, -0.1) is 0 Å². The first-order valence-electron chi connectivity index (χ1n) is 13.7. The van der Waals surface area contributed by atoms with Crippen LogP contribution < -0.4 is 9.47 Å². The molecule has 7 nitrogen and oxygen atoms in total. The van der Waals surface area contributed by atoms with Crippen molar-refractivity contribution in [2.45, 2.75) is 39.1 Å². The van der Waals surface area contributed by atoms with Gasteiger partial charge in [0.05, 0.1) is 6.61 Å². The summed E-state index contributed by atoms with van der Waals surface area (Å²) in [7, 11) is 0. The van der Waals surface area contributed by atoms with Gasteiger partial charge in [0.2, 0.25) is 0 Å². The fourth-order valence-corrected chi connectivity index (χ4v) is 5.50. The lowest BCUT2D eigenvalue weighted by atomic mass is 9.80. The number of cyclic esters (lactones) is 2. The number of carbonyl (C=O) groups is 2. The molecule has 208 valence electrons. The van der Waals surface area contributed by atoms with E-state index in [-0.39, 0.29) is 0 Å². The van der Waals surface area contributed by atoms with Gasteiger partial charge in [0.25, 0.3) is 5.79 Å². The lowest BCUT2D eigenvalue weighted by Gasteiger charge is -2.36. The van der Waals surface area contributed by atoms with Gasteiger partial charge >= 0.3 is 11.9 Å². The van der Waals surface area contributed by atoms with E-state index in [1.54, 1.807) is 13.8 Å². The minimum atomic E-state index is -1.33. The Kier molecular flexibility index (Phi) is 6.87. The van der Waals surface area contributed by atoms with Crippen LogP contribution in [0.3, 0.4) is 0 Å². The summed E-state index contributed by atoms with van der Waals surface area (Å²) in [6.45, 7) is 5.76. The van der Waals surface area contributed by atoms with Crippen LogP contribution in [0.15, 0.2) is 91.1 Å². The standard InChI is InChI=1S/C34H31NO6/c1-4-38-29-18-24(15-16-28(29)39-20-21-13-14-22-9-5-6-10-23(22)17-21)30(26-19-35-27-12-8-7-11-25(26)27)31-32(36)40-34(2,3)41-33(31)37/h5-19,30-31,35H,4,20H2,1-3H3/t30-/m0/s1. The van der Waals surface area contributed by atoms with E-state index in [2.05, 4.69) is 29.2 Å². The van der Waals surface area contributed by atoms with Crippen molar-refractivity contribution in [3.63, 3.8) is 0 Å². The Labute approximate surface area is 238 Å². The molecule has 1 aliphatic rings. The molecule has 5 aromatic rings. The second-order valence-electron chi connectivity index (χ2n) is 10.6. The summed E-state index contributed by atoms with van der Waals surface area (Å²) >= 11 is 0. The number of aromatic nitrogens is 1. The Bertz CT molecular complexity index is 1730. The quantitative estimate of drug-likeness (QED) is 0.168. The van der Waals surface area contributed by atoms with Crippen molar-refractivity contribution < 1.29 is 28.5 Å². The predicted molar refractivity (Wildman–Crippen MR) is 156 cm³/mol. The first kappa shape index (κ1) is 26.4. The zero-order valence-corrected chi connectivity index (χ0v) is 23.2. The molecule has 0 saturated carbocycles. The monoisotopic (exact) mass is 549 g/mol. The van der Waals surface area contributed by atoms with Crippen LogP contribution in [-0.2, 0) is 25.7 Å². The van der Waals surface area contributed by atoms with Gasteiger partial charge < -0.3 is 23.9 Å². The molecule has 2 heterocycles. The third-order valence-corrected chi connectivity index (χ3v) is 7.33. The third-order valence-electron chi connectivity index (χ3n) is 7.33. The van der Waals surface area contributed by atoms with E-state index < -0.39 is 29.6 Å². The zero-order chi connectivity index (χ0) is 28.6. The van der Waals surface area contributed by atoms with Gasteiger partial charge in [0, 0.05) is 36.9 Å². The normalized spacial score (nSPS) is 15.9. The molecule has 0 radical (unpaired) electrons. The molecule has 0 aliphatic carbocycles. The van der Waals surface area contributed by atoms with Crippen molar-refractivity contribution in [3.05, 3.63) is 108 Å². The number of fused-ring (bicyclic) bond motifs is 2. The van der Waals surface area contributed by atoms with Crippen molar-refractivity contribution in [3.8, 4) is 11.5 Å². The molecular weight excluding hydrogens is 518 g/mol. The average molecular weight is 550 g/mol. The number of hydrogen-bond donors (Lipinski definition) is 1. The summed E-state index contributed by atoms with van der Waals surface area (Å²) in [6.07, 6.45) is 1.83. The van der Waals surface area contributed by atoms with E-state index in [4.69, 9.17) is 18.9 Å². The van der Waals surface area contributed by atoms with Gasteiger partial charge in [-0.05, 0) is 58.7 Å². The Hall–Kier alpha value is -4.78. The van der Waals surface area contributed by atoms with E-state index >= 15 is 0 Å². The summed E-state index contributed by atoms with van der Waals surface area (Å²) in [5.41, 5.74) is 3.41. The summed E-state index contributed by atoms with van der Waals surface area (Å²) in [6, 6.07) is 27.7. The third kappa shape index (κ3) is 5.23. The maximum atomic E-state index is 13.3. The lowest BCUT2D eigenvalue weighted by Crippen LogP contribution is -2.48. The molecule has 0 spiro atoms. The van der Waals surface area contributed by atoms with Gasteiger partial charge in [0.15, 0.2) is 17.4 Å². The van der Waals surface area contributed by atoms with Crippen LogP contribution in [0.5, 0.6) is 11.5 Å². The molecule has 1 fully saturated rings. The van der Waals surface area contributed by atoms with Crippen LogP contribution in [0.2, 0.25) is 0 Å². The number of esters is 2. The van der Waals surface area contributed by atoms with Crippen molar-refractivity contribution >= 4 is 33.6 Å².